The Kier molecular flexibility index (Phi) is 13.7. The summed E-state index contributed by atoms with van der Waals surface area (Å²) in [5, 5.41) is 2.98. The number of rotatable bonds is 7. The molecule has 0 radical (unpaired) electrons. The highest BCUT2D eigenvalue weighted by Gasteiger charge is 2.29. The summed E-state index contributed by atoms with van der Waals surface area (Å²) in [4.78, 5) is 25.3. The minimum atomic E-state index is -0.317. The topological polar surface area (TPSA) is 96.6 Å². The lowest BCUT2D eigenvalue weighted by molar-refractivity contribution is -0.131. The summed E-state index contributed by atoms with van der Waals surface area (Å²) >= 11 is 0. The van der Waals surface area contributed by atoms with Crippen molar-refractivity contribution in [1.82, 2.24) is 20.2 Å². The Morgan fingerprint density at radius 3 is 2.43 bits per heavy atom. The van der Waals surface area contributed by atoms with E-state index in [9.17, 15) is 4.79 Å². The van der Waals surface area contributed by atoms with Crippen molar-refractivity contribution in [2.45, 2.75) is 31.5 Å². The van der Waals surface area contributed by atoms with E-state index in [1.54, 1.807) is 12.4 Å². The second kappa shape index (κ2) is 14.1. The first-order chi connectivity index (χ1) is 12.3. The van der Waals surface area contributed by atoms with E-state index in [2.05, 4.69) is 25.1 Å². The highest BCUT2D eigenvalue weighted by atomic mass is 35.5. The van der Waals surface area contributed by atoms with Gasteiger partial charge in [0.25, 0.3) is 0 Å². The fourth-order valence-corrected chi connectivity index (χ4v) is 3.33. The van der Waals surface area contributed by atoms with Crippen LogP contribution in [0.25, 0.3) is 0 Å². The smallest absolute Gasteiger partial charge is 0.249 e. The van der Waals surface area contributed by atoms with Crippen LogP contribution in [0.1, 0.15) is 19.3 Å². The molecule has 2 aliphatic heterocycles. The molecule has 8 nitrogen and oxygen atoms in total. The molecule has 162 valence electrons. The third kappa shape index (κ3) is 7.85. The average Bonchev–Trinajstić information content (AvgIpc) is 3.16. The molecule has 28 heavy (non-hydrogen) atoms. The molecular formula is C17H31Cl3N6O2. The number of aromatic nitrogens is 2. The van der Waals surface area contributed by atoms with Crippen LogP contribution in [0.5, 0.6) is 0 Å². The highest BCUT2D eigenvalue weighted by molar-refractivity contribution is 5.86. The molecule has 0 aromatic carbocycles. The summed E-state index contributed by atoms with van der Waals surface area (Å²) in [6.07, 6.45) is 5.88. The van der Waals surface area contributed by atoms with Gasteiger partial charge in [-0.25, -0.2) is 9.97 Å². The van der Waals surface area contributed by atoms with Crippen molar-refractivity contribution in [2.24, 2.45) is 5.73 Å². The molecule has 0 spiro atoms. The van der Waals surface area contributed by atoms with Crippen LogP contribution < -0.4 is 16.0 Å². The van der Waals surface area contributed by atoms with Crippen molar-refractivity contribution >= 4 is 49.1 Å². The van der Waals surface area contributed by atoms with Crippen LogP contribution in [0.3, 0.4) is 0 Å². The molecule has 2 fully saturated rings. The van der Waals surface area contributed by atoms with Gasteiger partial charge in [-0.1, -0.05) is 0 Å². The third-order valence-corrected chi connectivity index (χ3v) is 4.82. The van der Waals surface area contributed by atoms with Crippen LogP contribution in [-0.4, -0.2) is 78.8 Å². The van der Waals surface area contributed by atoms with Gasteiger partial charge in [-0.15, -0.1) is 37.2 Å². The van der Waals surface area contributed by atoms with Gasteiger partial charge in [0, 0.05) is 51.7 Å². The largest absolute Gasteiger partial charge is 0.364 e. The van der Waals surface area contributed by atoms with Crippen LogP contribution in [0.4, 0.5) is 5.95 Å². The maximum absolute atomic E-state index is 12.0. The first-order valence-electron chi connectivity index (χ1n) is 9.14. The van der Waals surface area contributed by atoms with Crippen LogP contribution in [0.2, 0.25) is 0 Å². The molecule has 3 N–H and O–H groups in total. The van der Waals surface area contributed by atoms with Gasteiger partial charge in [0.2, 0.25) is 11.9 Å². The monoisotopic (exact) mass is 456 g/mol. The molecule has 3 heterocycles. The number of carbonyl (C=O) groups excluding carboxylic acids is 1. The molecule has 2 aliphatic rings. The number of hydrogen-bond acceptors (Lipinski definition) is 7. The van der Waals surface area contributed by atoms with Crippen molar-refractivity contribution in [3.63, 3.8) is 0 Å². The summed E-state index contributed by atoms with van der Waals surface area (Å²) in [5.74, 6) is 0.809. The number of carbonyl (C=O) groups is 1. The average molecular weight is 458 g/mol. The zero-order chi connectivity index (χ0) is 17.5. The molecule has 1 aromatic heterocycles. The van der Waals surface area contributed by atoms with E-state index in [1.807, 2.05) is 6.07 Å². The van der Waals surface area contributed by atoms with Crippen LogP contribution in [0.15, 0.2) is 18.5 Å². The second-order valence-corrected chi connectivity index (χ2v) is 6.58. The second-order valence-electron chi connectivity index (χ2n) is 6.58. The molecule has 1 aromatic rings. The number of hydrogen-bond donors (Lipinski definition) is 2. The summed E-state index contributed by atoms with van der Waals surface area (Å²) in [7, 11) is 0. The lowest BCUT2D eigenvalue weighted by atomic mass is 10.2. The molecule has 0 aliphatic carbocycles. The maximum atomic E-state index is 12.0. The Morgan fingerprint density at radius 2 is 1.82 bits per heavy atom. The van der Waals surface area contributed by atoms with Crippen LogP contribution >= 0.6 is 37.2 Å². The van der Waals surface area contributed by atoms with Gasteiger partial charge in [-0.3, -0.25) is 9.69 Å². The molecule has 0 bridgehead atoms. The molecule has 3 rings (SSSR count). The molecule has 0 unspecified atom stereocenters. The fourth-order valence-electron chi connectivity index (χ4n) is 3.33. The van der Waals surface area contributed by atoms with Crippen molar-refractivity contribution in [2.75, 3.05) is 50.7 Å². The molecular weight excluding hydrogens is 427 g/mol. The van der Waals surface area contributed by atoms with Crippen molar-refractivity contribution < 1.29 is 9.53 Å². The van der Waals surface area contributed by atoms with E-state index < -0.39 is 0 Å². The first kappa shape index (κ1) is 27.1. The normalized spacial score (nSPS) is 21.8. The lowest BCUT2D eigenvalue weighted by Gasteiger charge is -2.34. The number of ether oxygens (including phenoxy) is 1. The molecule has 11 heteroatoms. The van der Waals surface area contributed by atoms with Crippen LogP contribution in [0, 0.1) is 0 Å². The standard InChI is InChI=1S/C17H28N6O2.3ClH/c18-13-14-3-4-15(25-14)16(24)19-7-2-8-22-9-11-23(12-10-22)17-20-5-1-6-21-17;;;/h1,5-6,14-15H,2-4,7-13,18H2,(H,19,24);3*1H/t14-,15+;;;/m1.../s1. The Labute approximate surface area is 185 Å². The van der Waals surface area contributed by atoms with E-state index in [0.29, 0.717) is 13.1 Å². The molecule has 2 atom stereocenters. The molecule has 2 saturated heterocycles. The summed E-state index contributed by atoms with van der Waals surface area (Å²) < 4.78 is 5.61. The fraction of sp³-hybridized carbons (Fsp3) is 0.706. The summed E-state index contributed by atoms with van der Waals surface area (Å²) in [5.41, 5.74) is 5.57. The molecule has 0 saturated carbocycles. The van der Waals surface area contributed by atoms with E-state index in [-0.39, 0.29) is 55.3 Å². The van der Waals surface area contributed by atoms with Gasteiger partial charge in [-0.05, 0) is 31.9 Å². The van der Waals surface area contributed by atoms with E-state index in [4.69, 9.17) is 10.5 Å². The molecule has 1 amide bonds. The highest BCUT2D eigenvalue weighted by Crippen LogP contribution is 2.18. The SMILES string of the molecule is Cl.Cl.Cl.NC[C@H]1CC[C@@H](C(=O)NCCCN2CCN(c3ncccn3)CC2)O1. The lowest BCUT2D eigenvalue weighted by Crippen LogP contribution is -2.47. The van der Waals surface area contributed by atoms with E-state index >= 15 is 0 Å². The number of halogens is 3. The van der Waals surface area contributed by atoms with Crippen LogP contribution in [-0.2, 0) is 9.53 Å². The van der Waals surface area contributed by atoms with Gasteiger partial charge in [0.05, 0.1) is 6.10 Å². The Bertz CT molecular complexity index is 549. The zero-order valence-corrected chi connectivity index (χ0v) is 18.3. The van der Waals surface area contributed by atoms with E-state index in [0.717, 1.165) is 57.9 Å². The van der Waals surface area contributed by atoms with E-state index in [1.165, 1.54) is 0 Å². The predicted octanol–water partition coefficient (Wildman–Crippen LogP) is 0.877. The summed E-state index contributed by atoms with van der Waals surface area (Å²) in [6.45, 7) is 6.03. The minimum Gasteiger partial charge on any atom is -0.364 e. The minimum absolute atomic E-state index is 0. The van der Waals surface area contributed by atoms with Gasteiger partial charge in [0.15, 0.2) is 0 Å². The number of nitrogens with one attached hydrogen (secondary N) is 1. The van der Waals surface area contributed by atoms with Gasteiger partial charge in [-0.2, -0.15) is 0 Å². The van der Waals surface area contributed by atoms with Gasteiger partial charge >= 0.3 is 0 Å². The van der Waals surface area contributed by atoms with Gasteiger partial charge in [0.1, 0.15) is 6.10 Å². The van der Waals surface area contributed by atoms with Crippen molar-refractivity contribution in [1.29, 1.82) is 0 Å². The Morgan fingerprint density at radius 1 is 1.14 bits per heavy atom. The maximum Gasteiger partial charge on any atom is 0.249 e. The number of anilines is 1. The zero-order valence-electron chi connectivity index (χ0n) is 15.9. The number of nitrogens with two attached hydrogens (primary N) is 1. The van der Waals surface area contributed by atoms with Gasteiger partial charge < -0.3 is 20.7 Å². The number of piperazine rings is 1. The quantitative estimate of drug-likeness (QED) is 0.587. The summed E-state index contributed by atoms with van der Waals surface area (Å²) in [6, 6.07) is 1.83. The number of nitrogens with zero attached hydrogens (tertiary/aromatic N) is 4. The van der Waals surface area contributed by atoms with Crippen molar-refractivity contribution in [3.05, 3.63) is 18.5 Å². The number of amides is 1. The third-order valence-electron chi connectivity index (χ3n) is 4.82. The first-order valence-corrected chi connectivity index (χ1v) is 9.14. The Balaban J connectivity index is 0.00000243. The predicted molar refractivity (Wildman–Crippen MR) is 117 cm³/mol. The van der Waals surface area contributed by atoms with Crippen molar-refractivity contribution in [3.8, 4) is 0 Å². The Hall–Kier alpha value is -0.900.